The first-order chi connectivity index (χ1) is 9.88. The van der Waals surface area contributed by atoms with Crippen LogP contribution in [-0.2, 0) is 0 Å². The summed E-state index contributed by atoms with van der Waals surface area (Å²) in [4.78, 5) is 4.62. The van der Waals surface area contributed by atoms with Gasteiger partial charge in [0.2, 0.25) is 0 Å². The van der Waals surface area contributed by atoms with Crippen LogP contribution in [0.25, 0.3) is 20.3 Å². The zero-order valence-corrected chi connectivity index (χ0v) is 14.3. The lowest BCUT2D eigenvalue weighted by Crippen LogP contribution is -2.37. The van der Waals surface area contributed by atoms with Crippen LogP contribution in [0, 0.1) is 12.8 Å². The number of thiazole rings is 1. The van der Waals surface area contributed by atoms with Crippen molar-refractivity contribution < 1.29 is 9.84 Å². The van der Waals surface area contributed by atoms with Crippen LogP contribution < -0.4 is 4.74 Å². The summed E-state index contributed by atoms with van der Waals surface area (Å²) in [6, 6.07) is 4.11. The van der Waals surface area contributed by atoms with Crippen LogP contribution in [0.5, 0.6) is 5.75 Å². The van der Waals surface area contributed by atoms with Gasteiger partial charge < -0.3 is 9.84 Å². The van der Waals surface area contributed by atoms with Gasteiger partial charge in [-0.05, 0) is 31.2 Å². The fourth-order valence-electron chi connectivity index (χ4n) is 2.10. The summed E-state index contributed by atoms with van der Waals surface area (Å²) < 4.78 is 8.26. The lowest BCUT2D eigenvalue weighted by Gasteiger charge is -2.27. The van der Waals surface area contributed by atoms with Crippen molar-refractivity contribution in [1.29, 1.82) is 0 Å². The average Bonchev–Trinajstić information content (AvgIpc) is 3.00. The lowest BCUT2D eigenvalue weighted by atomic mass is 9.94. The fraction of sp³-hybridized carbons (Fsp3) is 0.438. The maximum Gasteiger partial charge on any atom is 0.129 e. The van der Waals surface area contributed by atoms with Crippen LogP contribution >= 0.6 is 22.7 Å². The van der Waals surface area contributed by atoms with Crippen LogP contribution in [0.4, 0.5) is 0 Å². The topological polar surface area (TPSA) is 42.4 Å². The Bertz CT molecular complexity index is 786. The van der Waals surface area contributed by atoms with Crippen LogP contribution in [0.3, 0.4) is 0 Å². The van der Waals surface area contributed by atoms with E-state index in [-0.39, 0.29) is 5.92 Å². The van der Waals surface area contributed by atoms with Gasteiger partial charge in [0.1, 0.15) is 12.4 Å². The predicted octanol–water partition coefficient (Wildman–Crippen LogP) is 4.61. The highest BCUT2D eigenvalue weighted by Gasteiger charge is 2.26. The zero-order valence-electron chi connectivity index (χ0n) is 12.6. The molecular formula is C16H19NO2S2. The summed E-state index contributed by atoms with van der Waals surface area (Å²) in [6.45, 7) is 8.13. The molecule has 0 aliphatic rings. The Hall–Kier alpha value is -1.17. The first-order valence-corrected chi connectivity index (χ1v) is 8.70. The molecule has 0 saturated carbocycles. The molecule has 2 aromatic heterocycles. The van der Waals surface area contributed by atoms with E-state index in [9.17, 15) is 5.11 Å². The number of fused-ring (bicyclic) bond motifs is 3. The number of rotatable bonds is 4. The number of aryl methyl sites for hydroxylation is 1. The number of benzene rings is 1. The second kappa shape index (κ2) is 5.23. The average molecular weight is 321 g/mol. The Kier molecular flexibility index (Phi) is 3.67. The molecule has 2 heterocycles. The normalized spacial score (nSPS) is 15.0. The SMILES string of the molecule is Cc1nc2c(cc(OCC(C)(O)C(C)C)c3ccsc32)s1. The van der Waals surface area contributed by atoms with E-state index in [1.165, 1.54) is 0 Å². The van der Waals surface area contributed by atoms with Gasteiger partial charge in [-0.1, -0.05) is 13.8 Å². The molecule has 3 aromatic rings. The van der Waals surface area contributed by atoms with E-state index in [2.05, 4.69) is 16.4 Å². The monoisotopic (exact) mass is 321 g/mol. The smallest absolute Gasteiger partial charge is 0.129 e. The Balaban J connectivity index is 2.02. The molecule has 0 spiro atoms. The molecule has 3 nitrogen and oxygen atoms in total. The van der Waals surface area contributed by atoms with Crippen molar-refractivity contribution in [3.05, 3.63) is 22.5 Å². The van der Waals surface area contributed by atoms with E-state index in [0.29, 0.717) is 6.61 Å². The Morgan fingerprint density at radius 2 is 2.19 bits per heavy atom. The second-order valence-corrected chi connectivity index (χ2v) is 8.07. The summed E-state index contributed by atoms with van der Waals surface area (Å²) in [5.41, 5.74) is 0.228. The van der Waals surface area contributed by atoms with Gasteiger partial charge in [0.25, 0.3) is 0 Å². The highest BCUT2D eigenvalue weighted by atomic mass is 32.1. The fourth-order valence-corrected chi connectivity index (χ4v) is 3.93. The molecule has 3 rings (SSSR count). The van der Waals surface area contributed by atoms with Gasteiger partial charge >= 0.3 is 0 Å². The van der Waals surface area contributed by atoms with Gasteiger partial charge in [0.15, 0.2) is 0 Å². The summed E-state index contributed by atoms with van der Waals surface area (Å²) in [6.07, 6.45) is 0. The summed E-state index contributed by atoms with van der Waals surface area (Å²) >= 11 is 3.36. The van der Waals surface area contributed by atoms with Crippen molar-refractivity contribution in [2.75, 3.05) is 6.61 Å². The third-order valence-electron chi connectivity index (χ3n) is 3.93. The van der Waals surface area contributed by atoms with Crippen molar-refractivity contribution in [1.82, 2.24) is 4.98 Å². The molecule has 0 saturated heterocycles. The molecule has 0 radical (unpaired) electrons. The summed E-state index contributed by atoms with van der Waals surface area (Å²) in [7, 11) is 0. The second-order valence-electron chi connectivity index (χ2n) is 5.92. The summed E-state index contributed by atoms with van der Waals surface area (Å²) in [5, 5.41) is 14.6. The van der Waals surface area contributed by atoms with Gasteiger partial charge in [0.05, 0.1) is 25.5 Å². The van der Waals surface area contributed by atoms with Gasteiger partial charge in [-0.2, -0.15) is 0 Å². The molecule has 0 amide bonds. The highest BCUT2D eigenvalue weighted by molar-refractivity contribution is 7.21. The van der Waals surface area contributed by atoms with Gasteiger partial charge in [-0.3, -0.25) is 0 Å². The van der Waals surface area contributed by atoms with Crippen LogP contribution in [0.1, 0.15) is 25.8 Å². The van der Waals surface area contributed by atoms with Crippen molar-refractivity contribution in [2.45, 2.75) is 33.3 Å². The number of thiophene rings is 1. The van der Waals surface area contributed by atoms with Crippen LogP contribution in [-0.4, -0.2) is 22.3 Å². The van der Waals surface area contributed by atoms with E-state index in [0.717, 1.165) is 31.1 Å². The van der Waals surface area contributed by atoms with E-state index in [4.69, 9.17) is 4.74 Å². The Labute approximate surface area is 132 Å². The van der Waals surface area contributed by atoms with Gasteiger partial charge in [-0.15, -0.1) is 22.7 Å². The minimum atomic E-state index is -0.832. The molecule has 5 heteroatoms. The quantitative estimate of drug-likeness (QED) is 0.763. The van der Waals surface area contributed by atoms with E-state index in [1.54, 1.807) is 22.7 Å². The maximum absolute atomic E-state index is 10.4. The Morgan fingerprint density at radius 3 is 2.90 bits per heavy atom. The molecule has 21 heavy (non-hydrogen) atoms. The standard InChI is InChI=1S/C16H19NO2S2/c1-9(2)16(4,18)8-19-12-7-13-14(17-10(3)21-13)15-11(12)5-6-20-15/h5-7,9,18H,8H2,1-4H3. The van der Waals surface area contributed by atoms with Gasteiger partial charge in [0, 0.05) is 11.5 Å². The van der Waals surface area contributed by atoms with Crippen molar-refractivity contribution >= 4 is 43.0 Å². The molecule has 0 fully saturated rings. The largest absolute Gasteiger partial charge is 0.490 e. The lowest BCUT2D eigenvalue weighted by molar-refractivity contribution is -0.0262. The number of aromatic nitrogens is 1. The first-order valence-electron chi connectivity index (χ1n) is 7.01. The molecule has 1 aromatic carbocycles. The molecule has 112 valence electrons. The minimum absolute atomic E-state index is 0.143. The molecule has 0 bridgehead atoms. The number of hydrogen-bond acceptors (Lipinski definition) is 5. The first kappa shape index (κ1) is 14.8. The van der Waals surface area contributed by atoms with E-state index >= 15 is 0 Å². The number of nitrogens with zero attached hydrogens (tertiary/aromatic N) is 1. The third kappa shape index (κ3) is 2.65. The molecule has 1 unspecified atom stereocenters. The molecule has 1 N–H and O–H groups in total. The van der Waals surface area contributed by atoms with E-state index < -0.39 is 5.60 Å². The van der Waals surface area contributed by atoms with E-state index in [1.807, 2.05) is 33.8 Å². The third-order valence-corrected chi connectivity index (χ3v) is 5.77. The minimum Gasteiger partial charge on any atom is -0.490 e. The van der Waals surface area contributed by atoms with Crippen molar-refractivity contribution in [3.63, 3.8) is 0 Å². The highest BCUT2D eigenvalue weighted by Crippen LogP contribution is 2.39. The van der Waals surface area contributed by atoms with Crippen LogP contribution in [0.15, 0.2) is 17.5 Å². The van der Waals surface area contributed by atoms with Crippen molar-refractivity contribution in [2.24, 2.45) is 5.92 Å². The summed E-state index contributed by atoms with van der Waals surface area (Å²) in [5.74, 6) is 0.980. The van der Waals surface area contributed by atoms with Gasteiger partial charge in [-0.25, -0.2) is 4.98 Å². The molecule has 0 aliphatic heterocycles. The molecular weight excluding hydrogens is 302 g/mol. The number of ether oxygens (including phenoxy) is 1. The molecule has 1 atom stereocenters. The number of aliphatic hydroxyl groups is 1. The van der Waals surface area contributed by atoms with Crippen molar-refractivity contribution in [3.8, 4) is 5.75 Å². The van der Waals surface area contributed by atoms with Crippen LogP contribution in [0.2, 0.25) is 0 Å². The molecule has 0 aliphatic carbocycles. The predicted molar refractivity (Wildman–Crippen MR) is 90.7 cm³/mol. The zero-order chi connectivity index (χ0) is 15.2. The number of hydrogen-bond donors (Lipinski definition) is 1. The maximum atomic E-state index is 10.4. The Morgan fingerprint density at radius 1 is 1.43 bits per heavy atom.